The van der Waals surface area contributed by atoms with Gasteiger partial charge in [-0.05, 0) is 53.5 Å². The van der Waals surface area contributed by atoms with Crippen LogP contribution in [0.2, 0.25) is 0 Å². The first kappa shape index (κ1) is 12.9. The van der Waals surface area contributed by atoms with Crippen LogP contribution < -0.4 is 4.74 Å². The quantitative estimate of drug-likeness (QED) is 0.880. The molecular weight excluding hydrogens is 294 g/mol. The number of rotatable bonds is 3. The average Bonchev–Trinajstić information content (AvgIpc) is 2.68. The fraction of sp³-hybridized carbons (Fsp3) is 0.214. The highest BCUT2D eigenvalue weighted by atomic mass is 79.9. The Balaban J connectivity index is 2.44. The van der Waals surface area contributed by atoms with Crippen molar-refractivity contribution in [2.75, 3.05) is 7.11 Å². The fourth-order valence-electron chi connectivity index (χ4n) is 1.96. The van der Waals surface area contributed by atoms with Crippen LogP contribution in [0.15, 0.2) is 28.9 Å². The van der Waals surface area contributed by atoms with Gasteiger partial charge in [0.25, 0.3) is 0 Å². The van der Waals surface area contributed by atoms with E-state index < -0.39 is 0 Å². The molecule has 1 heterocycles. The lowest BCUT2D eigenvalue weighted by Crippen LogP contribution is -2.04. The van der Waals surface area contributed by atoms with Crippen LogP contribution in [0.3, 0.4) is 0 Å². The summed E-state index contributed by atoms with van der Waals surface area (Å²) in [5, 5.41) is 0. The predicted molar refractivity (Wildman–Crippen MR) is 74.4 cm³/mol. The Kier molecular flexibility index (Phi) is 3.57. The number of methoxy groups -OCH3 is 1. The van der Waals surface area contributed by atoms with Crippen LogP contribution in [0.1, 0.15) is 27.2 Å². The largest absolute Gasteiger partial charge is 0.496 e. The smallest absolute Gasteiger partial charge is 0.195 e. The maximum absolute atomic E-state index is 12.4. The van der Waals surface area contributed by atoms with E-state index in [1.807, 2.05) is 20.0 Å². The maximum atomic E-state index is 12.4. The molecule has 0 saturated heterocycles. The number of halogens is 1. The number of aryl methyl sites for hydroxylation is 2. The van der Waals surface area contributed by atoms with Gasteiger partial charge in [-0.15, -0.1) is 0 Å². The summed E-state index contributed by atoms with van der Waals surface area (Å²) in [6.45, 7) is 3.83. The zero-order chi connectivity index (χ0) is 13.3. The van der Waals surface area contributed by atoms with Gasteiger partial charge in [0.15, 0.2) is 5.78 Å². The van der Waals surface area contributed by atoms with E-state index in [1.165, 1.54) is 0 Å². The van der Waals surface area contributed by atoms with E-state index >= 15 is 0 Å². The van der Waals surface area contributed by atoms with Crippen LogP contribution in [-0.4, -0.2) is 17.9 Å². The summed E-state index contributed by atoms with van der Waals surface area (Å²) >= 11 is 3.39. The van der Waals surface area contributed by atoms with E-state index in [0.717, 1.165) is 21.3 Å². The number of hydrogen-bond acceptors (Lipinski definition) is 2. The first-order valence-electron chi connectivity index (χ1n) is 5.57. The Bertz CT molecular complexity index is 582. The minimum atomic E-state index is 0.0228. The van der Waals surface area contributed by atoms with E-state index in [1.54, 1.807) is 25.3 Å². The molecule has 0 aliphatic heterocycles. The second-order valence-electron chi connectivity index (χ2n) is 4.15. The molecule has 0 unspecified atom stereocenters. The molecule has 18 heavy (non-hydrogen) atoms. The van der Waals surface area contributed by atoms with Crippen LogP contribution >= 0.6 is 15.9 Å². The van der Waals surface area contributed by atoms with Crippen LogP contribution in [-0.2, 0) is 0 Å². The lowest BCUT2D eigenvalue weighted by atomic mass is 10.0. The molecule has 0 bridgehead atoms. The van der Waals surface area contributed by atoms with E-state index in [9.17, 15) is 4.79 Å². The number of nitrogens with one attached hydrogen (secondary N) is 1. The van der Waals surface area contributed by atoms with Crippen LogP contribution in [0, 0.1) is 13.8 Å². The average molecular weight is 308 g/mol. The molecule has 1 aromatic carbocycles. The molecule has 3 nitrogen and oxygen atoms in total. The Morgan fingerprint density at radius 3 is 2.56 bits per heavy atom. The summed E-state index contributed by atoms with van der Waals surface area (Å²) in [5.41, 5.74) is 3.24. The zero-order valence-electron chi connectivity index (χ0n) is 10.5. The molecule has 2 aromatic rings. The van der Waals surface area contributed by atoms with Gasteiger partial charge in [0.05, 0.1) is 11.6 Å². The van der Waals surface area contributed by atoms with E-state index in [2.05, 4.69) is 20.9 Å². The normalized spacial score (nSPS) is 10.4. The first-order chi connectivity index (χ1) is 8.54. The van der Waals surface area contributed by atoms with Crippen molar-refractivity contribution in [3.63, 3.8) is 0 Å². The van der Waals surface area contributed by atoms with Crippen molar-refractivity contribution >= 4 is 21.7 Å². The molecule has 0 aliphatic carbocycles. The summed E-state index contributed by atoms with van der Waals surface area (Å²) in [4.78, 5) is 15.5. The van der Waals surface area contributed by atoms with Gasteiger partial charge >= 0.3 is 0 Å². The lowest BCUT2D eigenvalue weighted by Gasteiger charge is -2.06. The molecule has 0 saturated carbocycles. The molecule has 0 spiro atoms. The van der Waals surface area contributed by atoms with E-state index in [0.29, 0.717) is 11.3 Å². The molecule has 0 atom stereocenters. The standard InChI is InChI=1S/C14H14BrNO2/c1-8-7-16-9(2)13(8)14(17)10-4-5-12(18-3)11(15)6-10/h4-7,16H,1-3H3. The second kappa shape index (κ2) is 4.98. The van der Waals surface area contributed by atoms with Gasteiger partial charge in [-0.25, -0.2) is 0 Å². The summed E-state index contributed by atoms with van der Waals surface area (Å²) in [5.74, 6) is 0.740. The highest BCUT2D eigenvalue weighted by molar-refractivity contribution is 9.10. The first-order valence-corrected chi connectivity index (χ1v) is 6.36. The molecule has 0 amide bonds. The topological polar surface area (TPSA) is 42.1 Å². The number of ketones is 1. The van der Waals surface area contributed by atoms with Gasteiger partial charge in [0.2, 0.25) is 0 Å². The molecule has 0 fully saturated rings. The summed E-state index contributed by atoms with van der Waals surface area (Å²) in [6, 6.07) is 5.35. The van der Waals surface area contributed by atoms with Gasteiger partial charge in [-0.2, -0.15) is 0 Å². The van der Waals surface area contributed by atoms with Gasteiger partial charge in [0, 0.05) is 23.0 Å². The number of aromatic nitrogens is 1. The summed E-state index contributed by atoms with van der Waals surface area (Å²) in [6.07, 6.45) is 1.85. The fourth-order valence-corrected chi connectivity index (χ4v) is 2.50. The van der Waals surface area contributed by atoms with E-state index in [-0.39, 0.29) is 5.78 Å². The molecule has 0 aliphatic rings. The number of H-pyrrole nitrogens is 1. The molecule has 94 valence electrons. The van der Waals surface area contributed by atoms with Crippen LogP contribution in [0.5, 0.6) is 5.75 Å². The summed E-state index contributed by atoms with van der Waals surface area (Å²) in [7, 11) is 1.60. The highest BCUT2D eigenvalue weighted by Gasteiger charge is 2.16. The number of carbonyl (C=O) groups is 1. The summed E-state index contributed by atoms with van der Waals surface area (Å²) < 4.78 is 5.93. The van der Waals surface area contributed by atoms with Crippen LogP contribution in [0.4, 0.5) is 0 Å². The molecular formula is C14H14BrNO2. The monoisotopic (exact) mass is 307 g/mol. The van der Waals surface area contributed by atoms with Crippen LogP contribution in [0.25, 0.3) is 0 Å². The predicted octanol–water partition coefficient (Wildman–Crippen LogP) is 3.63. The van der Waals surface area contributed by atoms with Crippen molar-refractivity contribution < 1.29 is 9.53 Å². The third kappa shape index (κ3) is 2.20. The molecule has 2 rings (SSSR count). The second-order valence-corrected chi connectivity index (χ2v) is 5.00. The third-order valence-electron chi connectivity index (χ3n) is 2.92. The number of ether oxygens (including phenoxy) is 1. The Morgan fingerprint density at radius 2 is 2.06 bits per heavy atom. The van der Waals surface area contributed by atoms with Gasteiger partial charge in [-0.1, -0.05) is 0 Å². The Hall–Kier alpha value is -1.55. The number of aromatic amines is 1. The Morgan fingerprint density at radius 1 is 1.33 bits per heavy atom. The van der Waals surface area contributed by atoms with Crippen molar-refractivity contribution in [1.29, 1.82) is 0 Å². The number of hydrogen-bond donors (Lipinski definition) is 1. The minimum Gasteiger partial charge on any atom is -0.496 e. The highest BCUT2D eigenvalue weighted by Crippen LogP contribution is 2.27. The van der Waals surface area contributed by atoms with Crippen molar-refractivity contribution in [1.82, 2.24) is 4.98 Å². The molecule has 1 aromatic heterocycles. The van der Waals surface area contributed by atoms with E-state index in [4.69, 9.17) is 4.74 Å². The third-order valence-corrected chi connectivity index (χ3v) is 3.54. The number of benzene rings is 1. The van der Waals surface area contributed by atoms with Gasteiger partial charge in [-0.3, -0.25) is 4.79 Å². The Labute approximate surface area is 114 Å². The van der Waals surface area contributed by atoms with Crippen molar-refractivity contribution in [2.45, 2.75) is 13.8 Å². The lowest BCUT2D eigenvalue weighted by molar-refractivity contribution is 0.103. The van der Waals surface area contributed by atoms with Crippen molar-refractivity contribution in [3.05, 3.63) is 51.3 Å². The van der Waals surface area contributed by atoms with Gasteiger partial charge in [0.1, 0.15) is 5.75 Å². The number of carbonyl (C=O) groups excluding carboxylic acids is 1. The van der Waals surface area contributed by atoms with Crippen molar-refractivity contribution in [3.8, 4) is 5.75 Å². The maximum Gasteiger partial charge on any atom is 0.195 e. The van der Waals surface area contributed by atoms with Gasteiger partial charge < -0.3 is 9.72 Å². The SMILES string of the molecule is COc1ccc(C(=O)c2c(C)c[nH]c2C)cc1Br. The molecule has 4 heteroatoms. The molecule has 1 N–H and O–H groups in total. The minimum absolute atomic E-state index is 0.0228. The van der Waals surface area contributed by atoms with Crippen molar-refractivity contribution in [2.24, 2.45) is 0 Å². The molecule has 0 radical (unpaired) electrons. The zero-order valence-corrected chi connectivity index (χ0v) is 12.1.